The molecule has 6 nitrogen and oxygen atoms in total. The van der Waals surface area contributed by atoms with Gasteiger partial charge in [-0.3, -0.25) is 14.4 Å². The van der Waals surface area contributed by atoms with Crippen molar-refractivity contribution >= 4 is 5.91 Å². The van der Waals surface area contributed by atoms with Crippen LogP contribution in [-0.2, 0) is 17.9 Å². The van der Waals surface area contributed by atoms with Crippen LogP contribution in [-0.4, -0.2) is 50.9 Å². The number of nitrogens with zero attached hydrogens (tertiary/aromatic N) is 3. The number of piperazine rings is 1. The molecule has 1 aromatic rings. The summed E-state index contributed by atoms with van der Waals surface area (Å²) in [4.78, 5) is 14.3. The minimum Gasteiger partial charge on any atom is -0.394 e. The van der Waals surface area contributed by atoms with E-state index in [1.54, 1.807) is 0 Å². The highest BCUT2D eigenvalue weighted by molar-refractivity contribution is 5.79. The maximum absolute atomic E-state index is 12.0. The minimum absolute atomic E-state index is 0.0955. The normalized spacial score (nSPS) is 25.9. The highest BCUT2D eigenvalue weighted by atomic mass is 16.3. The smallest absolute Gasteiger partial charge is 0.234 e. The molecule has 22 heavy (non-hydrogen) atoms. The van der Waals surface area contributed by atoms with Gasteiger partial charge in [-0.25, -0.2) is 0 Å². The van der Waals surface area contributed by atoms with Gasteiger partial charge in [-0.15, -0.1) is 0 Å². The number of fused-ring (bicyclic) bond motifs is 1. The predicted octanol–water partition coefficient (Wildman–Crippen LogP) is 0.735. The van der Waals surface area contributed by atoms with E-state index in [0.717, 1.165) is 30.8 Å². The Labute approximate surface area is 131 Å². The summed E-state index contributed by atoms with van der Waals surface area (Å²) in [6, 6.07) is 0.759. The largest absolute Gasteiger partial charge is 0.394 e. The predicted molar refractivity (Wildman–Crippen MR) is 83.4 cm³/mol. The van der Waals surface area contributed by atoms with Crippen molar-refractivity contribution in [2.45, 2.75) is 64.7 Å². The number of rotatable bonds is 4. The van der Waals surface area contributed by atoms with Crippen molar-refractivity contribution in [3.05, 3.63) is 17.0 Å². The molecule has 2 atom stereocenters. The number of carbonyl (C=O) groups excluding carboxylic acids is 1. The van der Waals surface area contributed by atoms with E-state index in [-0.39, 0.29) is 12.5 Å². The number of aliphatic hydroxyl groups is 1. The maximum Gasteiger partial charge on any atom is 0.234 e. The van der Waals surface area contributed by atoms with E-state index < -0.39 is 0 Å². The SMILES string of the molecule is Cc1nn(CCO)c(C)c1CN1CC(=O)NC2CCCCC21. The van der Waals surface area contributed by atoms with Crippen LogP contribution in [0.4, 0.5) is 0 Å². The second-order valence-electron chi connectivity index (χ2n) is 6.53. The number of carbonyl (C=O) groups is 1. The number of aliphatic hydroxyl groups excluding tert-OH is 1. The van der Waals surface area contributed by atoms with E-state index in [2.05, 4.69) is 15.3 Å². The van der Waals surface area contributed by atoms with Crippen LogP contribution in [0.15, 0.2) is 0 Å². The third kappa shape index (κ3) is 2.90. The monoisotopic (exact) mass is 306 g/mol. The van der Waals surface area contributed by atoms with Crippen LogP contribution in [0.5, 0.6) is 0 Å². The van der Waals surface area contributed by atoms with Gasteiger partial charge in [-0.2, -0.15) is 5.10 Å². The van der Waals surface area contributed by atoms with E-state index in [9.17, 15) is 4.79 Å². The van der Waals surface area contributed by atoms with Crippen LogP contribution in [0, 0.1) is 13.8 Å². The standard InChI is InChI=1S/C16H26N4O2/c1-11-13(12(2)20(18-11)7-8-21)9-19-10-16(22)17-14-5-3-4-6-15(14)19/h14-15,21H,3-10H2,1-2H3,(H,17,22). The minimum atomic E-state index is 0.0955. The highest BCUT2D eigenvalue weighted by Gasteiger charge is 2.36. The van der Waals surface area contributed by atoms with Gasteiger partial charge in [-0.1, -0.05) is 12.8 Å². The second-order valence-corrected chi connectivity index (χ2v) is 6.53. The summed E-state index contributed by atoms with van der Waals surface area (Å²) in [6.45, 7) is 5.94. The van der Waals surface area contributed by atoms with Gasteiger partial charge in [0.05, 0.1) is 25.4 Å². The summed E-state index contributed by atoms with van der Waals surface area (Å²) in [6.07, 6.45) is 4.71. The van der Waals surface area contributed by atoms with E-state index in [0.29, 0.717) is 25.2 Å². The molecule has 2 unspecified atom stereocenters. The van der Waals surface area contributed by atoms with Crippen molar-refractivity contribution in [1.29, 1.82) is 0 Å². The molecule has 1 amide bonds. The molecular formula is C16H26N4O2. The molecule has 0 radical (unpaired) electrons. The van der Waals surface area contributed by atoms with Crippen molar-refractivity contribution in [3.63, 3.8) is 0 Å². The molecule has 1 aliphatic carbocycles. The molecule has 2 fully saturated rings. The number of aryl methyl sites for hydroxylation is 1. The lowest BCUT2D eigenvalue weighted by Gasteiger charge is -2.44. The zero-order valence-electron chi connectivity index (χ0n) is 13.5. The van der Waals surface area contributed by atoms with Crippen LogP contribution in [0.2, 0.25) is 0 Å². The first-order chi connectivity index (χ1) is 10.6. The summed E-state index contributed by atoms with van der Waals surface area (Å²) >= 11 is 0. The number of aromatic nitrogens is 2. The molecule has 122 valence electrons. The van der Waals surface area contributed by atoms with Gasteiger partial charge in [0.1, 0.15) is 0 Å². The van der Waals surface area contributed by atoms with Gasteiger partial charge in [-0.05, 0) is 26.7 Å². The molecule has 0 aromatic carbocycles. The quantitative estimate of drug-likeness (QED) is 0.860. The molecule has 2 N–H and O–H groups in total. The third-order valence-corrected chi connectivity index (χ3v) is 5.10. The van der Waals surface area contributed by atoms with Gasteiger partial charge < -0.3 is 10.4 Å². The fourth-order valence-electron chi connectivity index (χ4n) is 3.92. The molecule has 1 aromatic heterocycles. The Bertz CT molecular complexity index is 555. The van der Waals surface area contributed by atoms with Crippen molar-refractivity contribution in [1.82, 2.24) is 20.0 Å². The van der Waals surface area contributed by atoms with Crippen molar-refractivity contribution in [2.75, 3.05) is 13.2 Å². The molecule has 0 bridgehead atoms. The van der Waals surface area contributed by atoms with E-state index in [4.69, 9.17) is 5.11 Å². The second kappa shape index (κ2) is 6.38. The fraction of sp³-hybridized carbons (Fsp3) is 0.750. The first-order valence-corrected chi connectivity index (χ1v) is 8.27. The van der Waals surface area contributed by atoms with Gasteiger partial charge in [0, 0.05) is 29.9 Å². The number of hydrogen-bond donors (Lipinski definition) is 2. The summed E-state index contributed by atoms with van der Waals surface area (Å²) in [5.74, 6) is 0.140. The van der Waals surface area contributed by atoms with Crippen molar-refractivity contribution < 1.29 is 9.90 Å². The molecular weight excluding hydrogens is 280 g/mol. The Morgan fingerprint density at radius 1 is 1.32 bits per heavy atom. The Hall–Kier alpha value is -1.40. The van der Waals surface area contributed by atoms with E-state index in [1.807, 2.05) is 18.5 Å². The number of hydrogen-bond acceptors (Lipinski definition) is 4. The fourth-order valence-corrected chi connectivity index (χ4v) is 3.92. The van der Waals surface area contributed by atoms with Crippen LogP contribution < -0.4 is 5.32 Å². The number of nitrogens with one attached hydrogen (secondary N) is 1. The Balaban J connectivity index is 1.80. The Morgan fingerprint density at radius 2 is 2.09 bits per heavy atom. The lowest BCUT2D eigenvalue weighted by atomic mass is 9.87. The van der Waals surface area contributed by atoms with Gasteiger partial charge in [0.25, 0.3) is 0 Å². The molecule has 2 heterocycles. The molecule has 3 rings (SSSR count). The summed E-state index contributed by atoms with van der Waals surface area (Å²) in [5.41, 5.74) is 3.31. The molecule has 1 aliphatic heterocycles. The van der Waals surface area contributed by atoms with Crippen molar-refractivity contribution in [3.8, 4) is 0 Å². The molecule has 1 saturated heterocycles. The topological polar surface area (TPSA) is 70.4 Å². The highest BCUT2D eigenvalue weighted by Crippen LogP contribution is 2.28. The lowest BCUT2D eigenvalue weighted by Crippen LogP contribution is -2.61. The summed E-state index contributed by atoms with van der Waals surface area (Å²) < 4.78 is 1.87. The Morgan fingerprint density at radius 3 is 2.86 bits per heavy atom. The Kier molecular flexibility index (Phi) is 4.49. The lowest BCUT2D eigenvalue weighted by molar-refractivity contribution is -0.128. The average Bonchev–Trinajstić information content (AvgIpc) is 2.75. The zero-order valence-corrected chi connectivity index (χ0v) is 13.5. The number of amides is 1. The van der Waals surface area contributed by atoms with Crippen LogP contribution in [0.1, 0.15) is 42.6 Å². The molecule has 2 aliphatic rings. The van der Waals surface area contributed by atoms with Crippen LogP contribution in [0.25, 0.3) is 0 Å². The van der Waals surface area contributed by atoms with Crippen LogP contribution >= 0.6 is 0 Å². The van der Waals surface area contributed by atoms with Gasteiger partial charge in [0.15, 0.2) is 0 Å². The van der Waals surface area contributed by atoms with Crippen molar-refractivity contribution in [2.24, 2.45) is 0 Å². The van der Waals surface area contributed by atoms with Gasteiger partial charge >= 0.3 is 0 Å². The molecule has 0 spiro atoms. The summed E-state index contributed by atoms with van der Waals surface area (Å²) in [5, 5.41) is 16.8. The third-order valence-electron chi connectivity index (χ3n) is 5.10. The zero-order chi connectivity index (χ0) is 15.7. The average molecular weight is 306 g/mol. The van der Waals surface area contributed by atoms with E-state index in [1.165, 1.54) is 18.4 Å². The first-order valence-electron chi connectivity index (χ1n) is 8.27. The van der Waals surface area contributed by atoms with Gasteiger partial charge in [0.2, 0.25) is 5.91 Å². The van der Waals surface area contributed by atoms with E-state index >= 15 is 0 Å². The summed E-state index contributed by atoms with van der Waals surface area (Å²) in [7, 11) is 0. The maximum atomic E-state index is 12.0. The first kappa shape index (κ1) is 15.5. The van der Waals surface area contributed by atoms with Crippen LogP contribution in [0.3, 0.4) is 0 Å². The molecule has 1 saturated carbocycles. The molecule has 6 heteroatoms.